The first-order chi connectivity index (χ1) is 10.6. The van der Waals surface area contributed by atoms with Gasteiger partial charge in [0.15, 0.2) is 0 Å². The van der Waals surface area contributed by atoms with Crippen molar-refractivity contribution in [2.24, 2.45) is 0 Å². The summed E-state index contributed by atoms with van der Waals surface area (Å²) >= 11 is 5.97. The SMILES string of the molecule is Cc1cccc(C2CCCN2C(=O)Nc2cccc(Cl)c2)c1. The lowest BCUT2D eigenvalue weighted by Gasteiger charge is -2.25. The van der Waals surface area contributed by atoms with Gasteiger partial charge in [0.2, 0.25) is 0 Å². The Hall–Kier alpha value is -2.00. The summed E-state index contributed by atoms with van der Waals surface area (Å²) < 4.78 is 0. The van der Waals surface area contributed by atoms with E-state index in [1.165, 1.54) is 11.1 Å². The number of aryl methyl sites for hydroxylation is 1. The average molecular weight is 315 g/mol. The molecule has 1 saturated heterocycles. The fraction of sp³-hybridized carbons (Fsp3) is 0.278. The minimum atomic E-state index is -0.0636. The van der Waals surface area contributed by atoms with Crippen molar-refractivity contribution >= 4 is 23.3 Å². The number of carbonyl (C=O) groups excluding carboxylic acids is 1. The van der Waals surface area contributed by atoms with Gasteiger partial charge in [-0.15, -0.1) is 0 Å². The fourth-order valence-electron chi connectivity index (χ4n) is 3.00. The van der Waals surface area contributed by atoms with Gasteiger partial charge in [0.25, 0.3) is 0 Å². The Morgan fingerprint density at radius 1 is 1.23 bits per heavy atom. The van der Waals surface area contributed by atoms with E-state index in [-0.39, 0.29) is 12.1 Å². The van der Waals surface area contributed by atoms with Gasteiger partial charge in [0, 0.05) is 17.3 Å². The zero-order valence-electron chi connectivity index (χ0n) is 12.6. The van der Waals surface area contributed by atoms with Crippen molar-refractivity contribution in [3.8, 4) is 0 Å². The van der Waals surface area contributed by atoms with E-state index in [0.717, 1.165) is 25.1 Å². The van der Waals surface area contributed by atoms with Crippen LogP contribution >= 0.6 is 11.6 Å². The molecule has 2 aromatic rings. The Balaban J connectivity index is 1.76. The van der Waals surface area contributed by atoms with Crippen molar-refractivity contribution in [1.82, 2.24) is 4.90 Å². The molecule has 2 aromatic carbocycles. The Morgan fingerprint density at radius 2 is 2.05 bits per heavy atom. The van der Waals surface area contributed by atoms with Crippen LogP contribution in [0.15, 0.2) is 48.5 Å². The maximum Gasteiger partial charge on any atom is 0.322 e. The lowest BCUT2D eigenvalue weighted by Crippen LogP contribution is -2.34. The van der Waals surface area contributed by atoms with Crippen LogP contribution in [0.1, 0.15) is 30.0 Å². The Bertz CT molecular complexity index is 686. The van der Waals surface area contributed by atoms with Gasteiger partial charge < -0.3 is 10.2 Å². The molecule has 1 N–H and O–H groups in total. The summed E-state index contributed by atoms with van der Waals surface area (Å²) in [5.74, 6) is 0. The highest BCUT2D eigenvalue weighted by Crippen LogP contribution is 2.32. The highest BCUT2D eigenvalue weighted by molar-refractivity contribution is 6.30. The molecule has 1 aliphatic heterocycles. The van der Waals surface area contributed by atoms with Gasteiger partial charge in [-0.2, -0.15) is 0 Å². The molecule has 0 bridgehead atoms. The summed E-state index contributed by atoms with van der Waals surface area (Å²) in [6, 6.07) is 15.7. The van der Waals surface area contributed by atoms with E-state index in [1.54, 1.807) is 12.1 Å². The van der Waals surface area contributed by atoms with Gasteiger partial charge in [-0.1, -0.05) is 47.5 Å². The summed E-state index contributed by atoms with van der Waals surface area (Å²) in [5, 5.41) is 3.56. The molecule has 3 nitrogen and oxygen atoms in total. The normalized spacial score (nSPS) is 17.5. The number of hydrogen-bond acceptors (Lipinski definition) is 1. The highest BCUT2D eigenvalue weighted by Gasteiger charge is 2.30. The molecule has 1 heterocycles. The standard InChI is InChI=1S/C18H19ClN2O/c1-13-5-2-6-14(11-13)17-9-4-10-21(17)18(22)20-16-8-3-7-15(19)12-16/h2-3,5-8,11-12,17H,4,9-10H2,1H3,(H,20,22). The Labute approximate surface area is 135 Å². The van der Waals surface area contributed by atoms with Gasteiger partial charge in [-0.3, -0.25) is 0 Å². The van der Waals surface area contributed by atoms with E-state index in [0.29, 0.717) is 5.02 Å². The lowest BCUT2D eigenvalue weighted by atomic mass is 10.0. The zero-order valence-corrected chi connectivity index (χ0v) is 13.3. The van der Waals surface area contributed by atoms with Gasteiger partial charge in [0.05, 0.1) is 6.04 Å². The van der Waals surface area contributed by atoms with Crippen molar-refractivity contribution in [2.45, 2.75) is 25.8 Å². The Morgan fingerprint density at radius 3 is 2.82 bits per heavy atom. The molecular weight excluding hydrogens is 296 g/mol. The number of amides is 2. The minimum absolute atomic E-state index is 0.0636. The summed E-state index contributed by atoms with van der Waals surface area (Å²) in [4.78, 5) is 14.5. The van der Waals surface area contributed by atoms with Crippen LogP contribution in [-0.4, -0.2) is 17.5 Å². The van der Waals surface area contributed by atoms with Crippen LogP contribution in [-0.2, 0) is 0 Å². The largest absolute Gasteiger partial charge is 0.322 e. The summed E-state index contributed by atoms with van der Waals surface area (Å²) in [6.45, 7) is 2.86. The van der Waals surface area contributed by atoms with E-state index in [1.807, 2.05) is 17.0 Å². The number of urea groups is 1. The van der Waals surface area contributed by atoms with Crippen LogP contribution in [0, 0.1) is 6.92 Å². The summed E-state index contributed by atoms with van der Waals surface area (Å²) in [7, 11) is 0. The average Bonchev–Trinajstić information content (AvgIpc) is 2.97. The van der Waals surface area contributed by atoms with Crippen molar-refractivity contribution in [3.63, 3.8) is 0 Å². The fourth-order valence-corrected chi connectivity index (χ4v) is 3.19. The monoisotopic (exact) mass is 314 g/mol. The topological polar surface area (TPSA) is 32.3 Å². The second kappa shape index (κ2) is 6.41. The number of anilines is 1. The third-order valence-corrected chi connectivity index (χ3v) is 4.25. The van der Waals surface area contributed by atoms with Gasteiger partial charge in [-0.05, 0) is 43.5 Å². The maximum absolute atomic E-state index is 12.6. The number of nitrogens with one attached hydrogen (secondary N) is 1. The number of halogens is 1. The molecule has 1 unspecified atom stereocenters. The first kappa shape index (κ1) is 14.9. The number of benzene rings is 2. The van der Waals surface area contributed by atoms with Gasteiger partial charge >= 0.3 is 6.03 Å². The predicted octanol–water partition coefficient (Wildman–Crippen LogP) is 5.02. The molecule has 1 fully saturated rings. The van der Waals surface area contributed by atoms with E-state index in [4.69, 9.17) is 11.6 Å². The van der Waals surface area contributed by atoms with Crippen LogP contribution in [0.25, 0.3) is 0 Å². The summed E-state index contributed by atoms with van der Waals surface area (Å²) in [5.41, 5.74) is 3.16. The molecule has 22 heavy (non-hydrogen) atoms. The second-order valence-electron chi connectivity index (χ2n) is 5.71. The summed E-state index contributed by atoms with van der Waals surface area (Å²) in [6.07, 6.45) is 2.04. The predicted molar refractivity (Wildman–Crippen MR) is 90.3 cm³/mol. The van der Waals surface area contributed by atoms with Gasteiger partial charge in [0.1, 0.15) is 0 Å². The molecule has 0 radical (unpaired) electrons. The van der Waals surface area contributed by atoms with Crippen LogP contribution in [0.4, 0.5) is 10.5 Å². The first-order valence-electron chi connectivity index (χ1n) is 7.53. The first-order valence-corrected chi connectivity index (χ1v) is 7.91. The second-order valence-corrected chi connectivity index (χ2v) is 6.14. The molecular formula is C18H19ClN2O. The third-order valence-electron chi connectivity index (χ3n) is 4.02. The van der Waals surface area contributed by atoms with Crippen molar-refractivity contribution in [2.75, 3.05) is 11.9 Å². The molecule has 1 atom stereocenters. The maximum atomic E-state index is 12.6. The number of carbonyl (C=O) groups is 1. The van der Waals surface area contributed by atoms with Crippen molar-refractivity contribution < 1.29 is 4.79 Å². The zero-order chi connectivity index (χ0) is 15.5. The van der Waals surface area contributed by atoms with Crippen LogP contribution in [0.5, 0.6) is 0 Å². The van der Waals surface area contributed by atoms with E-state index < -0.39 is 0 Å². The molecule has 1 aliphatic rings. The third kappa shape index (κ3) is 3.25. The number of rotatable bonds is 2. The number of likely N-dealkylation sites (tertiary alicyclic amines) is 1. The van der Waals surface area contributed by atoms with Crippen molar-refractivity contribution in [3.05, 3.63) is 64.7 Å². The molecule has 3 rings (SSSR count). The quantitative estimate of drug-likeness (QED) is 0.829. The van der Waals surface area contributed by atoms with E-state index >= 15 is 0 Å². The molecule has 2 amide bonds. The minimum Gasteiger partial charge on any atom is -0.317 e. The van der Waals surface area contributed by atoms with Crippen LogP contribution in [0.3, 0.4) is 0 Å². The van der Waals surface area contributed by atoms with E-state index in [2.05, 4.69) is 36.5 Å². The number of nitrogens with zero attached hydrogens (tertiary/aromatic N) is 1. The van der Waals surface area contributed by atoms with Crippen LogP contribution in [0.2, 0.25) is 5.02 Å². The Kier molecular flexibility index (Phi) is 4.34. The molecule has 0 saturated carbocycles. The molecule has 0 aromatic heterocycles. The molecule has 0 aliphatic carbocycles. The van der Waals surface area contributed by atoms with Gasteiger partial charge in [-0.25, -0.2) is 4.79 Å². The number of hydrogen-bond donors (Lipinski definition) is 1. The van der Waals surface area contributed by atoms with Crippen molar-refractivity contribution in [1.29, 1.82) is 0 Å². The van der Waals surface area contributed by atoms with E-state index in [9.17, 15) is 4.79 Å². The molecule has 4 heteroatoms. The highest BCUT2D eigenvalue weighted by atomic mass is 35.5. The lowest BCUT2D eigenvalue weighted by molar-refractivity contribution is 0.207. The van der Waals surface area contributed by atoms with Crippen LogP contribution < -0.4 is 5.32 Å². The molecule has 0 spiro atoms. The smallest absolute Gasteiger partial charge is 0.317 e. The molecule has 114 valence electrons.